The molecule has 0 N–H and O–H groups in total. The van der Waals surface area contributed by atoms with Gasteiger partial charge in [-0.3, -0.25) is 4.40 Å². The third-order valence-electron chi connectivity index (χ3n) is 2.73. The van der Waals surface area contributed by atoms with Crippen molar-refractivity contribution < 1.29 is 0 Å². The first-order chi connectivity index (χ1) is 8.17. The summed E-state index contributed by atoms with van der Waals surface area (Å²) in [6.45, 7) is 8.74. The van der Waals surface area contributed by atoms with Gasteiger partial charge in [-0.1, -0.05) is 29.8 Å². The highest BCUT2D eigenvalue weighted by Crippen LogP contribution is 2.26. The zero-order valence-electron chi connectivity index (χ0n) is 10.5. The summed E-state index contributed by atoms with van der Waals surface area (Å²) in [6.07, 6.45) is 2.09. The zero-order chi connectivity index (χ0) is 12.4. The normalized spacial score (nSPS) is 11.6. The van der Waals surface area contributed by atoms with Crippen molar-refractivity contribution in [2.75, 3.05) is 18.0 Å². The summed E-state index contributed by atoms with van der Waals surface area (Å²) >= 11 is 5.26. The molecular weight excluding hydrogens is 298 g/mol. The molecule has 2 aromatic heterocycles. The van der Waals surface area contributed by atoms with Crippen LogP contribution in [0.5, 0.6) is 0 Å². The number of aromatic nitrogens is 2. The number of hydrogen-bond acceptors (Lipinski definition) is 3. The van der Waals surface area contributed by atoms with Crippen LogP contribution in [0.4, 0.5) is 5.82 Å². The fraction of sp³-hybridized carbons (Fsp3) is 0.583. The average Bonchev–Trinajstić information content (AvgIpc) is 2.84. The summed E-state index contributed by atoms with van der Waals surface area (Å²) in [5.41, 5.74) is 1.25. The second kappa shape index (κ2) is 5.40. The molecule has 0 amide bonds. The van der Waals surface area contributed by atoms with Crippen molar-refractivity contribution in [3.8, 4) is 0 Å². The number of rotatable bonds is 5. The fourth-order valence-electron chi connectivity index (χ4n) is 2.00. The van der Waals surface area contributed by atoms with Crippen molar-refractivity contribution in [1.82, 2.24) is 9.38 Å². The molecule has 3 nitrogen and oxygen atoms in total. The lowest BCUT2D eigenvalue weighted by atomic mass is 10.2. The van der Waals surface area contributed by atoms with Crippen LogP contribution in [0.15, 0.2) is 11.6 Å². The first-order valence-electron chi connectivity index (χ1n) is 5.92. The maximum absolute atomic E-state index is 4.75. The number of hydrogen-bond donors (Lipinski definition) is 0. The van der Waals surface area contributed by atoms with E-state index in [1.54, 1.807) is 11.3 Å². The smallest absolute Gasteiger partial charge is 0.195 e. The molecular formula is C12H18BrN3S. The van der Waals surface area contributed by atoms with Crippen LogP contribution in [0.25, 0.3) is 4.96 Å². The molecule has 2 heterocycles. The van der Waals surface area contributed by atoms with Crippen LogP contribution in [-0.2, 0) is 5.33 Å². The lowest BCUT2D eigenvalue weighted by Gasteiger charge is -2.23. The molecule has 5 heteroatoms. The Bertz CT molecular complexity index is 489. The van der Waals surface area contributed by atoms with E-state index >= 15 is 0 Å². The quantitative estimate of drug-likeness (QED) is 0.783. The van der Waals surface area contributed by atoms with Crippen LogP contribution < -0.4 is 4.90 Å². The van der Waals surface area contributed by atoms with Crippen molar-refractivity contribution >= 4 is 38.0 Å². The number of halogens is 1. The molecule has 0 aliphatic heterocycles. The predicted molar refractivity (Wildman–Crippen MR) is 78.4 cm³/mol. The number of nitrogens with zero attached hydrogens (tertiary/aromatic N) is 3. The van der Waals surface area contributed by atoms with Crippen LogP contribution in [0.3, 0.4) is 0 Å². The van der Waals surface area contributed by atoms with Gasteiger partial charge in [-0.25, -0.2) is 4.98 Å². The number of thiazole rings is 1. The Morgan fingerprint density at radius 1 is 1.53 bits per heavy atom. The van der Waals surface area contributed by atoms with Gasteiger partial charge in [0.15, 0.2) is 10.8 Å². The largest absolute Gasteiger partial charge is 0.355 e. The van der Waals surface area contributed by atoms with Gasteiger partial charge in [-0.15, -0.1) is 11.3 Å². The summed E-state index contributed by atoms with van der Waals surface area (Å²) in [6, 6.07) is 0. The molecule has 0 radical (unpaired) electrons. The first kappa shape index (κ1) is 12.9. The Morgan fingerprint density at radius 2 is 2.29 bits per heavy atom. The molecule has 17 heavy (non-hydrogen) atoms. The van der Waals surface area contributed by atoms with E-state index in [2.05, 4.69) is 57.6 Å². The van der Waals surface area contributed by atoms with E-state index in [0.717, 1.165) is 29.2 Å². The highest BCUT2D eigenvalue weighted by molar-refractivity contribution is 9.08. The van der Waals surface area contributed by atoms with E-state index in [9.17, 15) is 0 Å². The van der Waals surface area contributed by atoms with Gasteiger partial charge in [0.1, 0.15) is 0 Å². The molecule has 0 saturated carbocycles. The molecule has 0 spiro atoms. The van der Waals surface area contributed by atoms with Gasteiger partial charge in [-0.2, -0.15) is 0 Å². The highest BCUT2D eigenvalue weighted by Gasteiger charge is 2.17. The van der Waals surface area contributed by atoms with Gasteiger partial charge >= 0.3 is 0 Å². The van der Waals surface area contributed by atoms with E-state index in [1.165, 1.54) is 5.69 Å². The molecule has 0 aliphatic carbocycles. The Morgan fingerprint density at radius 3 is 2.88 bits per heavy atom. The summed E-state index contributed by atoms with van der Waals surface area (Å²) in [7, 11) is 0. The SMILES string of the molecule is CCN(CC(C)C)c1nc2sccn2c1CBr. The maximum atomic E-state index is 4.75. The van der Waals surface area contributed by atoms with Crippen molar-refractivity contribution in [3.63, 3.8) is 0 Å². The highest BCUT2D eigenvalue weighted by atomic mass is 79.9. The van der Waals surface area contributed by atoms with Gasteiger partial charge in [0.05, 0.1) is 5.69 Å². The van der Waals surface area contributed by atoms with E-state index in [-0.39, 0.29) is 0 Å². The van der Waals surface area contributed by atoms with E-state index < -0.39 is 0 Å². The van der Waals surface area contributed by atoms with Crippen LogP contribution in [0, 0.1) is 5.92 Å². The lowest BCUT2D eigenvalue weighted by Crippen LogP contribution is -2.28. The number of alkyl halides is 1. The molecule has 0 aliphatic rings. The summed E-state index contributed by atoms with van der Waals surface area (Å²) in [4.78, 5) is 8.19. The van der Waals surface area contributed by atoms with Gasteiger partial charge < -0.3 is 4.90 Å². The summed E-state index contributed by atoms with van der Waals surface area (Å²) in [5.74, 6) is 1.78. The van der Waals surface area contributed by atoms with E-state index in [0.29, 0.717) is 5.92 Å². The molecule has 2 rings (SSSR count). The van der Waals surface area contributed by atoms with Crippen molar-refractivity contribution in [2.45, 2.75) is 26.1 Å². The molecule has 0 bridgehead atoms. The van der Waals surface area contributed by atoms with Crippen LogP contribution in [0.2, 0.25) is 0 Å². The molecule has 0 atom stereocenters. The average molecular weight is 316 g/mol. The van der Waals surface area contributed by atoms with Crippen molar-refractivity contribution in [2.24, 2.45) is 5.92 Å². The molecule has 0 aromatic carbocycles. The van der Waals surface area contributed by atoms with Gasteiger partial charge in [0.2, 0.25) is 0 Å². The van der Waals surface area contributed by atoms with Crippen LogP contribution in [0.1, 0.15) is 26.5 Å². The lowest BCUT2D eigenvalue weighted by molar-refractivity contribution is 0.614. The molecule has 94 valence electrons. The Kier molecular flexibility index (Phi) is 4.09. The number of fused-ring (bicyclic) bond motifs is 1. The van der Waals surface area contributed by atoms with Crippen molar-refractivity contribution in [1.29, 1.82) is 0 Å². The molecule has 0 fully saturated rings. The Hall–Kier alpha value is -0.550. The molecule has 0 saturated heterocycles. The third kappa shape index (κ3) is 2.50. The second-order valence-corrected chi connectivity index (χ2v) is 5.94. The van der Waals surface area contributed by atoms with Gasteiger partial charge in [0, 0.05) is 30.0 Å². The van der Waals surface area contributed by atoms with Gasteiger partial charge in [0.25, 0.3) is 0 Å². The minimum Gasteiger partial charge on any atom is -0.355 e. The Labute approximate surface area is 115 Å². The molecule has 0 unspecified atom stereocenters. The number of anilines is 1. The standard InChI is InChI=1S/C12H18BrN3S/c1-4-15(8-9(2)3)11-10(7-13)16-5-6-17-12(16)14-11/h5-6,9H,4,7-8H2,1-3H3. The van der Waals surface area contributed by atoms with E-state index in [4.69, 9.17) is 4.98 Å². The maximum Gasteiger partial charge on any atom is 0.195 e. The monoisotopic (exact) mass is 315 g/mol. The first-order valence-corrected chi connectivity index (χ1v) is 7.92. The minimum atomic E-state index is 0.651. The topological polar surface area (TPSA) is 20.5 Å². The summed E-state index contributed by atoms with van der Waals surface area (Å²) < 4.78 is 2.18. The Balaban J connectivity index is 2.41. The van der Waals surface area contributed by atoms with E-state index in [1.807, 2.05) is 0 Å². The predicted octanol–water partition coefficient (Wildman–Crippen LogP) is 3.77. The number of imidazole rings is 1. The molecule has 2 aromatic rings. The second-order valence-electron chi connectivity index (χ2n) is 4.50. The van der Waals surface area contributed by atoms with Gasteiger partial charge in [-0.05, 0) is 12.8 Å². The third-order valence-corrected chi connectivity index (χ3v) is 4.02. The van der Waals surface area contributed by atoms with Crippen LogP contribution >= 0.6 is 27.3 Å². The fourth-order valence-corrected chi connectivity index (χ4v) is 3.25. The van der Waals surface area contributed by atoms with Crippen molar-refractivity contribution in [3.05, 3.63) is 17.3 Å². The zero-order valence-corrected chi connectivity index (χ0v) is 12.9. The summed E-state index contributed by atoms with van der Waals surface area (Å²) in [5, 5.41) is 2.92. The minimum absolute atomic E-state index is 0.651. The van der Waals surface area contributed by atoms with Crippen LogP contribution in [-0.4, -0.2) is 22.5 Å².